The van der Waals surface area contributed by atoms with E-state index < -0.39 is 0 Å². The van der Waals surface area contributed by atoms with Gasteiger partial charge in [0.2, 0.25) is 0 Å². The molecule has 24 heavy (non-hydrogen) atoms. The van der Waals surface area contributed by atoms with Crippen LogP contribution in [0.4, 0.5) is 0 Å². The standard InChI is InChI=1S/C20H25NO3/c1-14-17(23-4)11-15(12-18(14)24-5)19(22)21-13-20(2,3)16-9-7-6-8-10-16/h6-12H,13H2,1-5H3,(H,21,22). The highest BCUT2D eigenvalue weighted by Gasteiger charge is 2.22. The van der Waals surface area contributed by atoms with Crippen LogP contribution in [0.3, 0.4) is 0 Å². The second-order valence-electron chi connectivity index (χ2n) is 6.44. The third kappa shape index (κ3) is 3.88. The van der Waals surface area contributed by atoms with E-state index in [1.807, 2.05) is 25.1 Å². The molecule has 0 fully saturated rings. The van der Waals surface area contributed by atoms with Gasteiger partial charge in [-0.2, -0.15) is 0 Å². The Morgan fingerprint density at radius 2 is 1.58 bits per heavy atom. The molecule has 0 saturated carbocycles. The number of nitrogens with one attached hydrogen (secondary N) is 1. The molecule has 0 aromatic heterocycles. The van der Waals surface area contributed by atoms with Crippen LogP contribution in [-0.2, 0) is 5.41 Å². The monoisotopic (exact) mass is 327 g/mol. The van der Waals surface area contributed by atoms with Crippen molar-refractivity contribution in [3.05, 3.63) is 59.2 Å². The van der Waals surface area contributed by atoms with Crippen LogP contribution in [0.2, 0.25) is 0 Å². The average molecular weight is 327 g/mol. The molecule has 0 aliphatic carbocycles. The molecule has 0 spiro atoms. The molecular weight excluding hydrogens is 302 g/mol. The zero-order valence-corrected chi connectivity index (χ0v) is 15.0. The van der Waals surface area contributed by atoms with Gasteiger partial charge in [0, 0.05) is 23.1 Å². The Labute approximate surface area is 143 Å². The molecule has 1 amide bonds. The summed E-state index contributed by atoms with van der Waals surface area (Å²) in [5.74, 6) is 1.14. The van der Waals surface area contributed by atoms with Crippen molar-refractivity contribution >= 4 is 5.91 Å². The highest BCUT2D eigenvalue weighted by Crippen LogP contribution is 2.29. The smallest absolute Gasteiger partial charge is 0.251 e. The first kappa shape index (κ1) is 17.9. The largest absolute Gasteiger partial charge is 0.496 e. The fraction of sp³-hybridized carbons (Fsp3) is 0.350. The predicted octanol–water partition coefficient (Wildman–Crippen LogP) is 3.72. The van der Waals surface area contributed by atoms with Gasteiger partial charge in [0.1, 0.15) is 11.5 Å². The molecule has 128 valence electrons. The van der Waals surface area contributed by atoms with E-state index in [2.05, 4.69) is 31.3 Å². The van der Waals surface area contributed by atoms with E-state index in [1.165, 1.54) is 5.56 Å². The van der Waals surface area contributed by atoms with Crippen LogP contribution in [0.5, 0.6) is 11.5 Å². The summed E-state index contributed by atoms with van der Waals surface area (Å²) in [6, 6.07) is 13.6. The molecule has 0 saturated heterocycles. The number of methoxy groups -OCH3 is 2. The van der Waals surface area contributed by atoms with Crippen molar-refractivity contribution in [3.8, 4) is 11.5 Å². The minimum atomic E-state index is -0.157. The summed E-state index contributed by atoms with van der Waals surface area (Å²) in [4.78, 5) is 12.5. The van der Waals surface area contributed by atoms with Crippen LogP contribution >= 0.6 is 0 Å². The molecule has 0 unspecified atom stereocenters. The summed E-state index contributed by atoms with van der Waals surface area (Å²) in [5.41, 5.74) is 2.43. The van der Waals surface area contributed by atoms with Crippen LogP contribution in [0.1, 0.15) is 35.3 Å². The van der Waals surface area contributed by atoms with Crippen molar-refractivity contribution in [1.29, 1.82) is 0 Å². The van der Waals surface area contributed by atoms with Gasteiger partial charge in [-0.1, -0.05) is 44.2 Å². The maximum atomic E-state index is 12.5. The van der Waals surface area contributed by atoms with Gasteiger partial charge in [-0.3, -0.25) is 4.79 Å². The van der Waals surface area contributed by atoms with Gasteiger partial charge in [0.25, 0.3) is 5.91 Å². The first-order chi connectivity index (χ1) is 11.4. The Balaban J connectivity index is 2.16. The molecule has 4 heteroatoms. The Morgan fingerprint density at radius 3 is 2.08 bits per heavy atom. The van der Waals surface area contributed by atoms with Crippen molar-refractivity contribution in [2.75, 3.05) is 20.8 Å². The van der Waals surface area contributed by atoms with Gasteiger partial charge in [0.15, 0.2) is 0 Å². The van der Waals surface area contributed by atoms with Gasteiger partial charge >= 0.3 is 0 Å². The van der Waals surface area contributed by atoms with Crippen LogP contribution in [-0.4, -0.2) is 26.7 Å². The van der Waals surface area contributed by atoms with Crippen LogP contribution in [0, 0.1) is 6.92 Å². The lowest BCUT2D eigenvalue weighted by Crippen LogP contribution is -2.36. The fourth-order valence-corrected chi connectivity index (χ4v) is 2.61. The van der Waals surface area contributed by atoms with Crippen molar-refractivity contribution in [1.82, 2.24) is 5.32 Å². The summed E-state index contributed by atoms with van der Waals surface area (Å²) in [6.07, 6.45) is 0. The third-order valence-electron chi connectivity index (χ3n) is 4.26. The van der Waals surface area contributed by atoms with Gasteiger partial charge in [0.05, 0.1) is 14.2 Å². The number of benzene rings is 2. The number of carbonyl (C=O) groups excluding carboxylic acids is 1. The van der Waals surface area contributed by atoms with Crippen molar-refractivity contribution in [2.45, 2.75) is 26.2 Å². The number of amides is 1. The molecule has 1 N–H and O–H groups in total. The molecular formula is C20H25NO3. The molecule has 2 rings (SSSR count). The summed E-state index contributed by atoms with van der Waals surface area (Å²) >= 11 is 0. The Kier molecular flexibility index (Phi) is 5.50. The number of hydrogen-bond donors (Lipinski definition) is 1. The number of ether oxygens (including phenoxy) is 2. The van der Waals surface area contributed by atoms with E-state index in [-0.39, 0.29) is 11.3 Å². The Morgan fingerprint density at radius 1 is 1.04 bits per heavy atom. The van der Waals surface area contributed by atoms with Gasteiger partial charge in [-0.15, -0.1) is 0 Å². The van der Waals surface area contributed by atoms with Crippen molar-refractivity contribution < 1.29 is 14.3 Å². The molecule has 0 radical (unpaired) electrons. The molecule has 2 aromatic rings. The second kappa shape index (κ2) is 7.39. The van der Waals surface area contributed by atoms with Gasteiger partial charge < -0.3 is 14.8 Å². The highest BCUT2D eigenvalue weighted by molar-refractivity contribution is 5.95. The minimum absolute atomic E-state index is 0.143. The van der Waals surface area contributed by atoms with E-state index in [1.54, 1.807) is 26.4 Å². The summed E-state index contributed by atoms with van der Waals surface area (Å²) in [6.45, 7) is 6.66. The Hall–Kier alpha value is -2.49. The fourth-order valence-electron chi connectivity index (χ4n) is 2.61. The van der Waals surface area contributed by atoms with E-state index in [0.29, 0.717) is 23.6 Å². The van der Waals surface area contributed by atoms with E-state index in [0.717, 1.165) is 5.56 Å². The maximum absolute atomic E-state index is 12.5. The number of hydrogen-bond acceptors (Lipinski definition) is 3. The summed E-state index contributed by atoms with van der Waals surface area (Å²) in [7, 11) is 3.17. The van der Waals surface area contributed by atoms with Crippen molar-refractivity contribution in [2.24, 2.45) is 0 Å². The third-order valence-corrected chi connectivity index (χ3v) is 4.26. The lowest BCUT2D eigenvalue weighted by atomic mass is 9.84. The average Bonchev–Trinajstić information content (AvgIpc) is 2.60. The predicted molar refractivity (Wildman–Crippen MR) is 96.1 cm³/mol. The number of rotatable bonds is 6. The minimum Gasteiger partial charge on any atom is -0.496 e. The summed E-state index contributed by atoms with van der Waals surface area (Å²) < 4.78 is 10.7. The van der Waals surface area contributed by atoms with E-state index in [9.17, 15) is 4.79 Å². The van der Waals surface area contributed by atoms with E-state index >= 15 is 0 Å². The lowest BCUT2D eigenvalue weighted by molar-refractivity contribution is 0.0945. The lowest BCUT2D eigenvalue weighted by Gasteiger charge is -2.25. The van der Waals surface area contributed by atoms with Crippen molar-refractivity contribution in [3.63, 3.8) is 0 Å². The first-order valence-corrected chi connectivity index (χ1v) is 7.95. The summed E-state index contributed by atoms with van der Waals surface area (Å²) in [5, 5.41) is 3.01. The zero-order valence-electron chi connectivity index (χ0n) is 15.0. The molecule has 0 atom stereocenters. The zero-order chi connectivity index (χ0) is 17.7. The van der Waals surface area contributed by atoms with Crippen LogP contribution in [0.15, 0.2) is 42.5 Å². The molecule has 2 aromatic carbocycles. The molecule has 0 aliphatic heterocycles. The molecule has 4 nitrogen and oxygen atoms in total. The van der Waals surface area contributed by atoms with Crippen LogP contribution < -0.4 is 14.8 Å². The topological polar surface area (TPSA) is 47.6 Å². The Bertz CT molecular complexity index is 683. The van der Waals surface area contributed by atoms with Gasteiger partial charge in [-0.25, -0.2) is 0 Å². The van der Waals surface area contributed by atoms with Gasteiger partial charge in [-0.05, 0) is 24.6 Å². The SMILES string of the molecule is COc1cc(C(=O)NCC(C)(C)c2ccccc2)cc(OC)c1C. The van der Waals surface area contributed by atoms with Crippen LogP contribution in [0.25, 0.3) is 0 Å². The first-order valence-electron chi connectivity index (χ1n) is 7.95. The van der Waals surface area contributed by atoms with E-state index in [4.69, 9.17) is 9.47 Å². The highest BCUT2D eigenvalue weighted by atomic mass is 16.5. The molecule has 0 aliphatic rings. The molecule has 0 bridgehead atoms. The normalized spacial score (nSPS) is 11.0. The molecule has 0 heterocycles. The second-order valence-corrected chi connectivity index (χ2v) is 6.44. The number of carbonyl (C=O) groups is 1. The quantitative estimate of drug-likeness (QED) is 0.879. The maximum Gasteiger partial charge on any atom is 0.251 e.